The lowest BCUT2D eigenvalue weighted by Gasteiger charge is -2.45. The molecule has 0 aromatic heterocycles. The van der Waals surface area contributed by atoms with Crippen molar-refractivity contribution in [1.29, 1.82) is 5.26 Å². The lowest BCUT2D eigenvalue weighted by Crippen LogP contribution is -2.55. The summed E-state index contributed by atoms with van der Waals surface area (Å²) in [5, 5.41) is 9.03. The second kappa shape index (κ2) is 2.10. The number of nitrogens with zero attached hydrogens (tertiary/aromatic N) is 1. The van der Waals surface area contributed by atoms with E-state index in [0.717, 1.165) is 12.8 Å². The Bertz CT molecular complexity index is 278. The highest BCUT2D eigenvalue weighted by Crippen LogP contribution is 2.60. The van der Waals surface area contributed by atoms with Crippen LogP contribution in [0.3, 0.4) is 0 Å². The number of nitriles is 1. The fraction of sp³-hybridized carbons (Fsp3) is 0.800. The van der Waals surface area contributed by atoms with Crippen molar-refractivity contribution in [2.24, 2.45) is 23.2 Å². The second-order valence-electron chi connectivity index (χ2n) is 4.22. The Morgan fingerprint density at radius 3 is 2.67 bits per heavy atom. The van der Waals surface area contributed by atoms with Gasteiger partial charge in [0.1, 0.15) is 5.41 Å². The van der Waals surface area contributed by atoms with Crippen molar-refractivity contribution in [3.63, 3.8) is 0 Å². The third-order valence-electron chi connectivity index (χ3n) is 3.88. The molecule has 2 aliphatic carbocycles. The van der Waals surface area contributed by atoms with Gasteiger partial charge in [0.25, 0.3) is 0 Å². The molecular formula is C10H13NO. The van der Waals surface area contributed by atoms with Crippen LogP contribution in [-0.4, -0.2) is 5.78 Å². The number of fused-ring (bicyclic) bond motifs is 1. The van der Waals surface area contributed by atoms with Gasteiger partial charge in [-0.15, -0.1) is 0 Å². The van der Waals surface area contributed by atoms with Crippen LogP contribution < -0.4 is 0 Å². The molecule has 0 heterocycles. The molecule has 0 amide bonds. The van der Waals surface area contributed by atoms with Gasteiger partial charge in [0.05, 0.1) is 6.07 Å². The van der Waals surface area contributed by atoms with Crippen LogP contribution >= 0.6 is 0 Å². The number of Topliss-reactive ketones (excluding diaryl/α,β-unsaturated/α-hetero) is 1. The molecule has 0 radical (unpaired) electrons. The van der Waals surface area contributed by atoms with Gasteiger partial charge in [-0.3, -0.25) is 4.79 Å². The Kier molecular flexibility index (Phi) is 1.36. The van der Waals surface area contributed by atoms with Crippen molar-refractivity contribution < 1.29 is 4.79 Å². The molecule has 0 aromatic rings. The van der Waals surface area contributed by atoms with E-state index in [9.17, 15) is 4.79 Å². The van der Waals surface area contributed by atoms with Crippen LogP contribution in [0.2, 0.25) is 0 Å². The highest BCUT2D eigenvalue weighted by atomic mass is 16.1. The van der Waals surface area contributed by atoms with Gasteiger partial charge in [-0.1, -0.05) is 13.8 Å². The van der Waals surface area contributed by atoms with Crippen molar-refractivity contribution in [1.82, 2.24) is 0 Å². The quantitative estimate of drug-likeness (QED) is 0.546. The van der Waals surface area contributed by atoms with Crippen molar-refractivity contribution in [2.45, 2.75) is 26.7 Å². The maximum atomic E-state index is 11.6. The molecule has 0 N–H and O–H groups in total. The van der Waals surface area contributed by atoms with Crippen LogP contribution in [-0.2, 0) is 4.79 Å². The normalized spacial score (nSPS) is 51.1. The Labute approximate surface area is 72.6 Å². The van der Waals surface area contributed by atoms with Crippen molar-refractivity contribution >= 4 is 5.78 Å². The topological polar surface area (TPSA) is 40.9 Å². The molecule has 0 aliphatic heterocycles. The minimum atomic E-state index is -0.570. The molecule has 64 valence electrons. The second-order valence-corrected chi connectivity index (χ2v) is 4.22. The van der Waals surface area contributed by atoms with Crippen molar-refractivity contribution in [2.75, 3.05) is 0 Å². The lowest BCUT2D eigenvalue weighted by atomic mass is 9.53. The van der Waals surface area contributed by atoms with Crippen molar-refractivity contribution in [3.05, 3.63) is 0 Å². The average molecular weight is 163 g/mol. The molecule has 2 saturated carbocycles. The summed E-state index contributed by atoms with van der Waals surface area (Å²) in [5.41, 5.74) is -0.570. The molecule has 0 aromatic carbocycles. The van der Waals surface area contributed by atoms with Gasteiger partial charge in [-0.2, -0.15) is 5.26 Å². The van der Waals surface area contributed by atoms with Crippen LogP contribution in [0.5, 0.6) is 0 Å². The van der Waals surface area contributed by atoms with E-state index in [1.807, 2.05) is 13.8 Å². The highest BCUT2D eigenvalue weighted by molar-refractivity contribution is 5.97. The van der Waals surface area contributed by atoms with Crippen LogP contribution in [0, 0.1) is 34.5 Å². The summed E-state index contributed by atoms with van der Waals surface area (Å²) in [7, 11) is 0. The Balaban J connectivity index is 2.39. The molecule has 2 aliphatic rings. The molecule has 2 rings (SSSR count). The van der Waals surface area contributed by atoms with Crippen molar-refractivity contribution in [3.8, 4) is 6.07 Å². The number of ketones is 1. The van der Waals surface area contributed by atoms with E-state index < -0.39 is 5.41 Å². The molecule has 0 spiro atoms. The summed E-state index contributed by atoms with van der Waals surface area (Å²) in [6.45, 7) is 3.99. The molecule has 12 heavy (non-hydrogen) atoms. The number of hydrogen-bond donors (Lipinski definition) is 0. The van der Waals surface area contributed by atoms with Gasteiger partial charge in [-0.25, -0.2) is 0 Å². The molecule has 4 atom stereocenters. The summed E-state index contributed by atoms with van der Waals surface area (Å²) in [5.74, 6) is 0.996. The lowest BCUT2D eigenvalue weighted by molar-refractivity contribution is -0.149. The monoisotopic (exact) mass is 163 g/mol. The van der Waals surface area contributed by atoms with Gasteiger partial charge >= 0.3 is 0 Å². The van der Waals surface area contributed by atoms with E-state index in [1.165, 1.54) is 0 Å². The van der Waals surface area contributed by atoms with Gasteiger partial charge in [0.15, 0.2) is 5.78 Å². The average Bonchev–Trinajstić information content (AvgIpc) is 2.39. The Hall–Kier alpha value is -0.840. The minimum Gasteiger partial charge on any atom is -0.298 e. The summed E-state index contributed by atoms with van der Waals surface area (Å²) in [4.78, 5) is 11.6. The molecule has 2 heteroatoms. The summed E-state index contributed by atoms with van der Waals surface area (Å²) in [6.07, 6.45) is 2.12. The largest absolute Gasteiger partial charge is 0.298 e. The van der Waals surface area contributed by atoms with E-state index in [-0.39, 0.29) is 17.6 Å². The number of rotatable bonds is 0. The Morgan fingerprint density at radius 2 is 2.17 bits per heavy atom. The third-order valence-corrected chi connectivity index (χ3v) is 3.88. The van der Waals surface area contributed by atoms with Gasteiger partial charge in [0, 0.05) is 5.92 Å². The number of hydrogen-bond acceptors (Lipinski definition) is 2. The predicted octanol–water partition coefficient (Wildman–Crippen LogP) is 1.76. The van der Waals surface area contributed by atoms with Gasteiger partial charge < -0.3 is 0 Å². The van der Waals surface area contributed by atoms with E-state index in [2.05, 4.69) is 6.07 Å². The smallest absolute Gasteiger partial charge is 0.156 e. The van der Waals surface area contributed by atoms with Crippen LogP contribution in [0.4, 0.5) is 0 Å². The molecule has 0 bridgehead atoms. The summed E-state index contributed by atoms with van der Waals surface area (Å²) >= 11 is 0. The van der Waals surface area contributed by atoms with Gasteiger partial charge in [-0.05, 0) is 24.7 Å². The summed E-state index contributed by atoms with van der Waals surface area (Å²) in [6, 6.07) is 2.26. The van der Waals surface area contributed by atoms with E-state index in [4.69, 9.17) is 5.26 Å². The zero-order valence-electron chi connectivity index (χ0n) is 7.50. The van der Waals surface area contributed by atoms with E-state index >= 15 is 0 Å². The predicted molar refractivity (Wildman–Crippen MR) is 44.1 cm³/mol. The van der Waals surface area contributed by atoms with Crippen LogP contribution in [0.15, 0.2) is 0 Å². The highest BCUT2D eigenvalue weighted by Gasteiger charge is 2.65. The molecule has 2 nitrogen and oxygen atoms in total. The first kappa shape index (κ1) is 7.79. The molecular weight excluding hydrogens is 150 g/mol. The number of carbonyl (C=O) groups excluding carboxylic acids is 1. The molecule has 0 saturated heterocycles. The van der Waals surface area contributed by atoms with E-state index in [1.54, 1.807) is 0 Å². The summed E-state index contributed by atoms with van der Waals surface area (Å²) < 4.78 is 0. The zero-order valence-corrected chi connectivity index (χ0v) is 7.50. The molecule has 1 unspecified atom stereocenters. The zero-order chi connectivity index (χ0) is 8.93. The molecule has 2 fully saturated rings. The first-order valence-corrected chi connectivity index (χ1v) is 4.60. The first-order chi connectivity index (χ1) is 5.64. The maximum Gasteiger partial charge on any atom is 0.156 e. The van der Waals surface area contributed by atoms with Crippen LogP contribution in [0.25, 0.3) is 0 Å². The standard InChI is InChI=1S/C10H13NO/c1-6-3-4-8-7(2)9(12)10(6,8)5-11/h6-8H,3-4H2,1-2H3/t6?,7-,8-,10-/m1/s1. The fourth-order valence-electron chi connectivity index (χ4n) is 3.03. The third kappa shape index (κ3) is 0.555. The van der Waals surface area contributed by atoms with Gasteiger partial charge in [0.2, 0.25) is 0 Å². The van der Waals surface area contributed by atoms with E-state index in [0.29, 0.717) is 5.92 Å². The SMILES string of the molecule is CC1CC[C@@H]2[C@@H](C)C(=O)[C@]12C#N. The minimum absolute atomic E-state index is 0.148. The number of carbonyl (C=O) groups is 1. The maximum absolute atomic E-state index is 11.6. The first-order valence-electron chi connectivity index (χ1n) is 4.60. The fourth-order valence-corrected chi connectivity index (χ4v) is 3.03. The Morgan fingerprint density at radius 1 is 1.50 bits per heavy atom. The van der Waals surface area contributed by atoms with Crippen LogP contribution in [0.1, 0.15) is 26.7 Å².